The van der Waals surface area contributed by atoms with E-state index in [1.807, 2.05) is 53.1 Å². The molecule has 0 saturated carbocycles. The Morgan fingerprint density at radius 3 is 1.41 bits per heavy atom. The number of aromatic nitrogens is 2. The van der Waals surface area contributed by atoms with E-state index in [1.165, 1.54) is 73.4 Å². The molecule has 14 aromatic rings. The summed E-state index contributed by atoms with van der Waals surface area (Å²) in [4.78, 5) is 3.76. The molecular weight excluding hydrogens is 889 g/mol. The van der Waals surface area contributed by atoms with Gasteiger partial charge in [0.25, 0.3) is 0 Å². The fraction of sp³-hybridized carbons (Fsp3) is 0.0769. The molecule has 2 heterocycles. The molecule has 3 heteroatoms. The fourth-order valence-electron chi connectivity index (χ4n) is 9.89. The summed E-state index contributed by atoms with van der Waals surface area (Å²) in [5.41, 5.74) is 4.31. The van der Waals surface area contributed by atoms with Gasteiger partial charge < -0.3 is 9.55 Å². The average Bonchev–Trinajstić information content (AvgIpc) is 3.94. The molecule has 0 bridgehead atoms. The maximum Gasteiger partial charge on any atom is 0.0645 e. The zero-order chi connectivity index (χ0) is 54.7. The monoisotopic (exact) mass is 948 g/mol. The topological polar surface area (TPSA) is 20.7 Å². The van der Waals surface area contributed by atoms with Gasteiger partial charge in [-0.3, -0.25) is 0 Å². The van der Waals surface area contributed by atoms with Gasteiger partial charge in [0, 0.05) is 53.2 Å². The number of unbranched alkanes of at least 4 members (excludes halogenated alkanes) is 2. The molecule has 14 rings (SSSR count). The lowest BCUT2D eigenvalue weighted by atomic mass is 9.96. The number of nitrogens with zero attached hydrogens (tertiary/aromatic N) is 1. The van der Waals surface area contributed by atoms with Crippen molar-refractivity contribution in [2.45, 2.75) is 33.1 Å². The summed E-state index contributed by atoms with van der Waals surface area (Å²) < 4.78 is 80.8. The summed E-state index contributed by atoms with van der Waals surface area (Å²) >= 11 is 2.92. The Morgan fingerprint density at radius 2 is 0.824 bits per heavy atom. The number of para-hydroxylation sites is 1. The van der Waals surface area contributed by atoms with Crippen molar-refractivity contribution in [3.8, 4) is 5.69 Å². The van der Waals surface area contributed by atoms with Gasteiger partial charge in [-0.2, -0.15) is 0 Å². The normalized spacial score (nSPS) is 13.4. The minimum Gasteiger partial charge on any atom is -0.353 e. The van der Waals surface area contributed by atoms with Crippen molar-refractivity contribution >= 4 is 124 Å². The van der Waals surface area contributed by atoms with Crippen molar-refractivity contribution in [2.24, 2.45) is 0 Å². The minimum absolute atomic E-state index is 0.105. The summed E-state index contributed by atoms with van der Waals surface area (Å²) in [7, 11) is 0. The summed E-state index contributed by atoms with van der Waals surface area (Å²) in [5, 5.41) is 18.6. The maximum atomic E-state index is 8.85. The molecule has 0 unspecified atom stereocenters. The van der Waals surface area contributed by atoms with Crippen LogP contribution in [0.15, 0.2) is 235 Å². The van der Waals surface area contributed by atoms with Gasteiger partial charge in [0.1, 0.15) is 0 Å². The van der Waals surface area contributed by atoms with Crippen LogP contribution in [0, 0.1) is 0 Å². The van der Waals surface area contributed by atoms with E-state index in [2.05, 4.69) is 156 Å². The average molecular weight is 950 g/mol. The second-order valence-electron chi connectivity index (χ2n) is 16.8. The van der Waals surface area contributed by atoms with Gasteiger partial charge in [0.15, 0.2) is 0 Å². The molecule has 0 saturated heterocycles. The predicted molar refractivity (Wildman–Crippen MR) is 301 cm³/mol. The number of H-pyrrole nitrogens is 1. The molecule has 0 aliphatic heterocycles. The first-order valence-corrected chi connectivity index (χ1v) is 23.9. The van der Waals surface area contributed by atoms with Crippen molar-refractivity contribution in [2.75, 3.05) is 0 Å². The Hall–Kier alpha value is -7.72. The first-order valence-electron chi connectivity index (χ1n) is 28.1. The van der Waals surface area contributed by atoms with Crippen LogP contribution in [-0.4, -0.2) is 9.55 Å². The summed E-state index contributed by atoms with van der Waals surface area (Å²) in [6.45, 7) is 4.42. The molecule has 0 fully saturated rings. The molecule has 68 heavy (non-hydrogen) atoms. The predicted octanol–water partition coefficient (Wildman–Crippen LogP) is 19.7. The minimum atomic E-state index is -0.394. The molecule has 0 aliphatic rings. The molecule has 1 N–H and O–H groups in total. The number of halogens is 1. The third-order valence-electron chi connectivity index (χ3n) is 12.8. The van der Waals surface area contributed by atoms with Crippen molar-refractivity contribution in [1.29, 1.82) is 0 Å². The van der Waals surface area contributed by atoms with E-state index in [1.54, 1.807) is 0 Å². The van der Waals surface area contributed by atoms with Crippen LogP contribution >= 0.6 is 15.9 Å². The largest absolute Gasteiger partial charge is 0.353 e. The third-order valence-corrected chi connectivity index (χ3v) is 13.2. The first kappa shape index (κ1) is 32.9. The number of aromatic amines is 1. The molecule has 0 radical (unpaired) electrons. The summed E-state index contributed by atoms with van der Waals surface area (Å²) in [5.74, 6) is 0. The Morgan fingerprint density at radius 1 is 0.382 bits per heavy atom. The van der Waals surface area contributed by atoms with Crippen molar-refractivity contribution in [3.63, 3.8) is 0 Å². The van der Waals surface area contributed by atoms with E-state index in [9.17, 15) is 0 Å². The highest BCUT2D eigenvalue weighted by atomic mass is 79.9. The van der Waals surface area contributed by atoms with Crippen LogP contribution in [0.1, 0.15) is 46.8 Å². The van der Waals surface area contributed by atoms with E-state index in [0.717, 1.165) is 54.1 Å². The van der Waals surface area contributed by atoms with E-state index >= 15 is 0 Å². The number of hydrogen-bond acceptors (Lipinski definition) is 0. The van der Waals surface area contributed by atoms with Crippen molar-refractivity contribution < 1.29 is 13.7 Å². The Bertz CT molecular complexity index is 4580. The SMILES string of the molecule is CCCCC.[2H]c1c([2H])c([2H])c(-n2c3c4ccccc4ccc3c3c4ccccc4c4ccccc4c32)c([2H])c1[2H].[2H]c1c([2H])c([2H])c(Br)c([2H])c1[2H].c1ccc2c(c1)ccc1c2[nH]c2c3ccccc3c3ccccc3c12. The molecule has 2 nitrogen and oxygen atoms in total. The van der Waals surface area contributed by atoms with Crippen molar-refractivity contribution in [3.05, 3.63) is 235 Å². The van der Waals surface area contributed by atoms with Gasteiger partial charge in [0.2, 0.25) is 0 Å². The standard InChI is InChI=1S/C30H19N.C24H15N.C6H5Br.C5H12/c1-2-11-21(12-3-1)31-29-22-13-5-4-10-20(22)18-19-27(29)28-25-16-8-6-14-23(25)24-15-7-9-17-26(24)30(28)31;1-2-8-16-15(7-1)13-14-21-22-19-11-5-3-9-17(19)18-10-4-6-12-20(18)24(22)25-23(16)21;7-6-4-2-1-3-5-6;1-3-5-4-2/h1-19H;1-14,25H;1-5H;3-5H2,1-2H3/i1D,2D,3D,11D,12D;;1D,2D,3D,4D,5D;. The van der Waals surface area contributed by atoms with Crippen LogP contribution in [0.4, 0.5) is 0 Å². The molecule has 2 aromatic heterocycles. The van der Waals surface area contributed by atoms with Gasteiger partial charge in [-0.1, -0.05) is 255 Å². The van der Waals surface area contributed by atoms with Crippen LogP contribution in [0.25, 0.3) is 114 Å². The second-order valence-corrected chi connectivity index (χ2v) is 17.6. The molecule has 0 atom stereocenters. The zero-order valence-corrected chi connectivity index (χ0v) is 39.2. The summed E-state index contributed by atoms with van der Waals surface area (Å²) in [6, 6.07) is 56.2. The van der Waals surface area contributed by atoms with Gasteiger partial charge in [-0.25, -0.2) is 0 Å². The van der Waals surface area contributed by atoms with Crippen LogP contribution in [0.2, 0.25) is 0 Å². The lowest BCUT2D eigenvalue weighted by Crippen LogP contribution is -1.95. The smallest absolute Gasteiger partial charge is 0.0645 e. The second kappa shape index (κ2) is 18.9. The Balaban J connectivity index is 0.000000132. The van der Waals surface area contributed by atoms with E-state index < -0.39 is 6.04 Å². The number of hydrogen-bond donors (Lipinski definition) is 1. The van der Waals surface area contributed by atoms with Gasteiger partial charge in [-0.05, 0) is 67.3 Å². The van der Waals surface area contributed by atoms with Gasteiger partial charge in [-0.15, -0.1) is 0 Å². The van der Waals surface area contributed by atoms with E-state index in [4.69, 9.17) is 13.7 Å². The molecule has 0 amide bonds. The van der Waals surface area contributed by atoms with E-state index in [0.29, 0.717) is 0 Å². The quantitative estimate of drug-likeness (QED) is 0.170. The highest BCUT2D eigenvalue weighted by Gasteiger charge is 2.20. The number of benzene rings is 12. The van der Waals surface area contributed by atoms with Crippen LogP contribution in [0.5, 0.6) is 0 Å². The lowest BCUT2D eigenvalue weighted by molar-refractivity contribution is 0.772. The number of nitrogens with one attached hydrogen (secondary N) is 1. The third kappa shape index (κ3) is 7.63. The maximum absolute atomic E-state index is 8.85. The number of fused-ring (bicyclic) bond motifs is 20. The molecule has 12 aromatic carbocycles. The highest BCUT2D eigenvalue weighted by molar-refractivity contribution is 9.10. The van der Waals surface area contributed by atoms with Crippen molar-refractivity contribution in [1.82, 2.24) is 9.55 Å². The molecular formula is C65H51BrN2. The molecule has 328 valence electrons. The highest BCUT2D eigenvalue weighted by Crippen LogP contribution is 2.45. The van der Waals surface area contributed by atoms with Crippen LogP contribution in [0.3, 0.4) is 0 Å². The van der Waals surface area contributed by atoms with Gasteiger partial charge in [0.05, 0.1) is 35.8 Å². The Labute approximate surface area is 419 Å². The van der Waals surface area contributed by atoms with Gasteiger partial charge >= 0.3 is 0 Å². The summed E-state index contributed by atoms with van der Waals surface area (Å²) in [6.07, 6.45) is 4.08. The Kier molecular flexibility index (Phi) is 9.12. The fourth-order valence-corrected chi connectivity index (χ4v) is 10.1. The van der Waals surface area contributed by atoms with Crippen LogP contribution < -0.4 is 0 Å². The lowest BCUT2D eigenvalue weighted by Gasteiger charge is -2.12. The number of rotatable bonds is 3. The van der Waals surface area contributed by atoms with E-state index in [-0.39, 0.29) is 64.5 Å². The molecule has 0 spiro atoms. The zero-order valence-electron chi connectivity index (χ0n) is 47.6. The molecule has 0 aliphatic carbocycles. The first-order chi connectivity index (χ1) is 37.8. The van der Waals surface area contributed by atoms with Crippen LogP contribution in [-0.2, 0) is 0 Å².